The maximum absolute atomic E-state index is 11.3. The van der Waals surface area contributed by atoms with Crippen molar-refractivity contribution in [3.8, 4) is 0 Å². The largest absolute Gasteiger partial charge is 0.395 e. The van der Waals surface area contributed by atoms with E-state index in [0.717, 1.165) is 16.1 Å². The van der Waals surface area contributed by atoms with Gasteiger partial charge in [0.1, 0.15) is 0 Å². The van der Waals surface area contributed by atoms with Crippen molar-refractivity contribution >= 4 is 23.4 Å². The fraction of sp³-hybridized carbons (Fsp3) is 0.417. The normalized spacial score (nSPS) is 16.2. The van der Waals surface area contributed by atoms with Gasteiger partial charge in [-0.05, 0) is 24.6 Å². The van der Waals surface area contributed by atoms with Crippen molar-refractivity contribution in [1.29, 1.82) is 0 Å². The Hall–Kier alpha value is -1.04. The Kier molecular flexibility index (Phi) is 4.04. The van der Waals surface area contributed by atoms with E-state index in [1.165, 1.54) is 0 Å². The number of hydrogen-bond donors (Lipinski definition) is 3. The average Bonchev–Trinajstić information content (AvgIpc) is 2.35. The molecular formula is C12H16N2O2S. The van der Waals surface area contributed by atoms with Crippen LogP contribution in [0.4, 0.5) is 5.69 Å². The Morgan fingerprint density at radius 2 is 2.41 bits per heavy atom. The van der Waals surface area contributed by atoms with Crippen LogP contribution in [-0.4, -0.2) is 29.4 Å². The highest BCUT2D eigenvalue weighted by Gasteiger charge is 2.15. The lowest BCUT2D eigenvalue weighted by molar-refractivity contribution is -0.113. The lowest BCUT2D eigenvalue weighted by atomic mass is 10.2. The number of amides is 1. The first-order valence-electron chi connectivity index (χ1n) is 5.59. The number of thioether (sulfide) groups is 1. The maximum atomic E-state index is 11.3. The van der Waals surface area contributed by atoms with Gasteiger partial charge in [-0.15, -0.1) is 11.8 Å². The Bertz CT molecular complexity index is 423. The van der Waals surface area contributed by atoms with Crippen molar-refractivity contribution in [3.63, 3.8) is 0 Å². The van der Waals surface area contributed by atoms with Crippen molar-refractivity contribution in [2.75, 3.05) is 17.7 Å². The third-order valence-electron chi connectivity index (χ3n) is 2.61. The molecule has 0 bridgehead atoms. The van der Waals surface area contributed by atoms with E-state index in [4.69, 9.17) is 5.11 Å². The summed E-state index contributed by atoms with van der Waals surface area (Å²) in [6, 6.07) is 6.13. The van der Waals surface area contributed by atoms with E-state index in [1.807, 2.05) is 25.1 Å². The molecule has 1 heterocycles. The number of nitrogens with one attached hydrogen (secondary N) is 2. The van der Waals surface area contributed by atoms with Crippen LogP contribution in [0.5, 0.6) is 0 Å². The summed E-state index contributed by atoms with van der Waals surface area (Å²) in [5.41, 5.74) is 1.99. The van der Waals surface area contributed by atoms with Gasteiger partial charge in [-0.25, -0.2) is 0 Å². The number of fused-ring (bicyclic) bond motifs is 1. The summed E-state index contributed by atoms with van der Waals surface area (Å²) in [6.07, 6.45) is 0. The zero-order valence-corrected chi connectivity index (χ0v) is 10.5. The third kappa shape index (κ3) is 3.21. The Labute approximate surface area is 105 Å². The van der Waals surface area contributed by atoms with E-state index in [-0.39, 0.29) is 18.6 Å². The van der Waals surface area contributed by atoms with Gasteiger partial charge >= 0.3 is 0 Å². The van der Waals surface area contributed by atoms with E-state index >= 15 is 0 Å². The Balaban J connectivity index is 2.05. The number of aliphatic hydroxyl groups excluding tert-OH is 1. The highest BCUT2D eigenvalue weighted by Crippen LogP contribution is 2.31. The highest BCUT2D eigenvalue weighted by atomic mass is 32.2. The van der Waals surface area contributed by atoms with Gasteiger partial charge < -0.3 is 15.7 Å². The second-order valence-corrected chi connectivity index (χ2v) is 5.15. The van der Waals surface area contributed by atoms with Crippen LogP contribution in [0, 0.1) is 0 Å². The molecule has 1 aliphatic heterocycles. The quantitative estimate of drug-likeness (QED) is 0.753. The van der Waals surface area contributed by atoms with Crippen molar-refractivity contribution < 1.29 is 9.90 Å². The van der Waals surface area contributed by atoms with Gasteiger partial charge in [0.15, 0.2) is 0 Å². The van der Waals surface area contributed by atoms with Crippen molar-refractivity contribution in [3.05, 3.63) is 23.8 Å². The highest BCUT2D eigenvalue weighted by molar-refractivity contribution is 8.00. The lowest BCUT2D eigenvalue weighted by Crippen LogP contribution is -2.28. The van der Waals surface area contributed by atoms with Gasteiger partial charge in [-0.1, -0.05) is 6.07 Å². The van der Waals surface area contributed by atoms with E-state index in [2.05, 4.69) is 10.6 Å². The van der Waals surface area contributed by atoms with Crippen LogP contribution in [0.1, 0.15) is 12.5 Å². The molecule has 0 radical (unpaired) electrons. The molecule has 1 unspecified atom stereocenters. The molecular weight excluding hydrogens is 236 g/mol. The monoisotopic (exact) mass is 252 g/mol. The van der Waals surface area contributed by atoms with Gasteiger partial charge in [-0.3, -0.25) is 4.79 Å². The van der Waals surface area contributed by atoms with Crippen LogP contribution in [0.15, 0.2) is 23.1 Å². The van der Waals surface area contributed by atoms with Gasteiger partial charge in [0.25, 0.3) is 0 Å². The smallest absolute Gasteiger partial charge is 0.234 e. The number of carbonyl (C=O) groups is 1. The minimum absolute atomic E-state index is 0.0522. The first kappa shape index (κ1) is 12.4. The van der Waals surface area contributed by atoms with E-state index < -0.39 is 0 Å². The third-order valence-corrected chi connectivity index (χ3v) is 3.68. The second kappa shape index (κ2) is 5.53. The molecule has 0 spiro atoms. The molecule has 0 aromatic heterocycles. The number of rotatable bonds is 4. The van der Waals surface area contributed by atoms with Crippen molar-refractivity contribution in [2.45, 2.75) is 24.4 Å². The molecule has 3 N–H and O–H groups in total. The fourth-order valence-corrected chi connectivity index (χ4v) is 2.39. The van der Waals surface area contributed by atoms with E-state index in [9.17, 15) is 4.79 Å². The molecule has 17 heavy (non-hydrogen) atoms. The molecule has 1 aliphatic rings. The standard InChI is InChI=1S/C12H16N2O2S/c1-8(6-15)13-5-9-2-3-11-10(4-9)14-12(16)7-17-11/h2-4,8,13,15H,5-7H2,1H3,(H,14,16). The average molecular weight is 252 g/mol. The molecule has 1 aromatic carbocycles. The summed E-state index contributed by atoms with van der Waals surface area (Å²) in [6.45, 7) is 2.74. The van der Waals surface area contributed by atoms with Gasteiger partial charge in [0, 0.05) is 17.5 Å². The minimum atomic E-state index is 0.0522. The molecule has 0 fully saturated rings. The van der Waals surface area contributed by atoms with Crippen LogP contribution >= 0.6 is 11.8 Å². The summed E-state index contributed by atoms with van der Waals surface area (Å²) in [7, 11) is 0. The predicted octanol–water partition coefficient (Wildman–Crippen LogP) is 1.20. The topological polar surface area (TPSA) is 61.4 Å². The van der Waals surface area contributed by atoms with Crippen molar-refractivity contribution in [1.82, 2.24) is 5.32 Å². The summed E-state index contributed by atoms with van der Waals surface area (Å²) in [4.78, 5) is 12.4. The van der Waals surface area contributed by atoms with Gasteiger partial charge in [0.05, 0.1) is 18.0 Å². The summed E-state index contributed by atoms with van der Waals surface area (Å²) in [5.74, 6) is 0.544. The first-order valence-corrected chi connectivity index (χ1v) is 6.57. The molecule has 0 saturated carbocycles. The molecule has 0 aliphatic carbocycles. The molecule has 92 valence electrons. The van der Waals surface area contributed by atoms with Crippen molar-refractivity contribution in [2.24, 2.45) is 0 Å². The molecule has 0 saturated heterocycles. The number of hydrogen-bond acceptors (Lipinski definition) is 4. The molecule has 5 heteroatoms. The van der Waals surface area contributed by atoms with Crippen LogP contribution < -0.4 is 10.6 Å². The molecule has 1 amide bonds. The van der Waals surface area contributed by atoms with Crippen LogP contribution in [0.2, 0.25) is 0 Å². The fourth-order valence-electron chi connectivity index (χ4n) is 1.60. The second-order valence-electron chi connectivity index (χ2n) is 4.13. The molecule has 1 atom stereocenters. The summed E-state index contributed by atoms with van der Waals surface area (Å²) >= 11 is 1.56. The maximum Gasteiger partial charge on any atom is 0.234 e. The minimum Gasteiger partial charge on any atom is -0.395 e. The van der Waals surface area contributed by atoms with Crippen LogP contribution in [0.3, 0.4) is 0 Å². The molecule has 4 nitrogen and oxygen atoms in total. The summed E-state index contributed by atoms with van der Waals surface area (Å²) in [5, 5.41) is 15.0. The zero-order valence-electron chi connectivity index (χ0n) is 9.69. The predicted molar refractivity (Wildman–Crippen MR) is 69.2 cm³/mol. The number of aliphatic hydroxyl groups is 1. The lowest BCUT2D eigenvalue weighted by Gasteiger charge is -2.18. The molecule has 1 aromatic rings. The zero-order chi connectivity index (χ0) is 12.3. The SMILES string of the molecule is CC(CO)NCc1ccc2c(c1)NC(=O)CS2. The van der Waals surface area contributed by atoms with E-state index in [0.29, 0.717) is 12.3 Å². The summed E-state index contributed by atoms with van der Waals surface area (Å²) < 4.78 is 0. The number of carbonyl (C=O) groups excluding carboxylic acids is 1. The Morgan fingerprint density at radius 3 is 3.18 bits per heavy atom. The van der Waals surface area contributed by atoms with Crippen LogP contribution in [-0.2, 0) is 11.3 Å². The van der Waals surface area contributed by atoms with Gasteiger partial charge in [-0.2, -0.15) is 0 Å². The Morgan fingerprint density at radius 1 is 1.59 bits per heavy atom. The number of benzene rings is 1. The first-order chi connectivity index (χ1) is 8.19. The molecule has 2 rings (SSSR count). The number of anilines is 1. The van der Waals surface area contributed by atoms with E-state index in [1.54, 1.807) is 11.8 Å². The van der Waals surface area contributed by atoms with Gasteiger partial charge in [0.2, 0.25) is 5.91 Å². The van der Waals surface area contributed by atoms with Crippen LogP contribution in [0.25, 0.3) is 0 Å².